The average Bonchev–Trinajstić information content (AvgIpc) is 2.46. The zero-order valence-corrected chi connectivity index (χ0v) is 13.2. The summed E-state index contributed by atoms with van der Waals surface area (Å²) >= 11 is 0. The maximum atomic E-state index is 12.2. The molecule has 0 bridgehead atoms. The van der Waals surface area contributed by atoms with Crippen LogP contribution in [0.3, 0.4) is 0 Å². The van der Waals surface area contributed by atoms with Gasteiger partial charge in [-0.15, -0.1) is 0 Å². The Hall–Kier alpha value is -1.87. The summed E-state index contributed by atoms with van der Waals surface area (Å²) in [5.41, 5.74) is 0.998. The van der Waals surface area contributed by atoms with Crippen LogP contribution in [0.1, 0.15) is 38.3 Å². The Balaban J connectivity index is 2.80. The molecule has 0 heterocycles. The quantitative estimate of drug-likeness (QED) is 0.752. The van der Waals surface area contributed by atoms with Crippen LogP contribution >= 0.6 is 0 Å². The van der Waals surface area contributed by atoms with Gasteiger partial charge in [0.15, 0.2) is 15.1 Å². The third kappa shape index (κ3) is 4.87. The van der Waals surface area contributed by atoms with Gasteiger partial charge in [-0.1, -0.05) is 19.1 Å². The zero-order valence-electron chi connectivity index (χ0n) is 12.4. The summed E-state index contributed by atoms with van der Waals surface area (Å²) in [7, 11) is -3.64. The lowest BCUT2D eigenvalue weighted by Crippen LogP contribution is -2.32. The Morgan fingerprint density at radius 2 is 1.86 bits per heavy atom. The fraction of sp³-hybridized carbons (Fsp3) is 0.467. The Kier molecular flexibility index (Phi) is 5.91. The second kappa shape index (κ2) is 7.23. The lowest BCUT2D eigenvalue weighted by atomic mass is 10.2. The van der Waals surface area contributed by atoms with Crippen molar-refractivity contribution in [1.82, 2.24) is 0 Å². The monoisotopic (exact) mass is 309 g/mol. The number of benzene rings is 1. The van der Waals surface area contributed by atoms with Gasteiger partial charge in [0.1, 0.15) is 0 Å². The van der Waals surface area contributed by atoms with E-state index < -0.39 is 21.1 Å². The zero-order chi connectivity index (χ0) is 16.0. The van der Waals surface area contributed by atoms with Gasteiger partial charge in [-0.3, -0.25) is 4.79 Å². The lowest BCUT2D eigenvalue weighted by Gasteiger charge is -2.16. The SMILES string of the molecule is CCC(C)OC(=O)C(C)S(=O)(=O)Cc1ccc(C#N)cc1. The van der Waals surface area contributed by atoms with Crippen LogP contribution in [0.4, 0.5) is 0 Å². The highest BCUT2D eigenvalue weighted by Crippen LogP contribution is 2.14. The largest absolute Gasteiger partial charge is 0.462 e. The van der Waals surface area contributed by atoms with E-state index in [4.69, 9.17) is 10.00 Å². The van der Waals surface area contributed by atoms with Crippen molar-refractivity contribution in [2.24, 2.45) is 0 Å². The first kappa shape index (κ1) is 17.2. The van der Waals surface area contributed by atoms with Crippen LogP contribution in [0.15, 0.2) is 24.3 Å². The van der Waals surface area contributed by atoms with E-state index in [-0.39, 0.29) is 11.9 Å². The summed E-state index contributed by atoms with van der Waals surface area (Å²) in [5, 5.41) is 7.49. The first-order chi connectivity index (χ1) is 9.80. The van der Waals surface area contributed by atoms with Crippen LogP contribution < -0.4 is 0 Å². The molecule has 0 spiro atoms. The van der Waals surface area contributed by atoms with Crippen LogP contribution in [-0.4, -0.2) is 25.7 Å². The highest BCUT2D eigenvalue weighted by Gasteiger charge is 2.30. The highest BCUT2D eigenvalue weighted by molar-refractivity contribution is 7.92. The van der Waals surface area contributed by atoms with E-state index in [0.717, 1.165) is 0 Å². The summed E-state index contributed by atoms with van der Waals surface area (Å²) in [6.07, 6.45) is 0.332. The molecular weight excluding hydrogens is 290 g/mol. The Morgan fingerprint density at radius 1 is 1.29 bits per heavy atom. The maximum absolute atomic E-state index is 12.2. The molecule has 0 N–H and O–H groups in total. The fourth-order valence-electron chi connectivity index (χ4n) is 1.56. The van der Waals surface area contributed by atoms with Crippen molar-refractivity contribution in [3.05, 3.63) is 35.4 Å². The molecule has 114 valence electrons. The van der Waals surface area contributed by atoms with Crippen LogP contribution in [0.5, 0.6) is 0 Å². The van der Waals surface area contributed by atoms with Crippen molar-refractivity contribution in [3.8, 4) is 6.07 Å². The third-order valence-corrected chi connectivity index (χ3v) is 5.22. The van der Waals surface area contributed by atoms with Crippen molar-refractivity contribution < 1.29 is 17.9 Å². The molecular formula is C15H19NO4S. The highest BCUT2D eigenvalue weighted by atomic mass is 32.2. The predicted octanol–water partition coefficient (Wildman–Crippen LogP) is 2.20. The minimum absolute atomic E-state index is 0.254. The van der Waals surface area contributed by atoms with E-state index in [1.165, 1.54) is 6.92 Å². The Labute approximate surface area is 125 Å². The number of esters is 1. The molecule has 0 aromatic heterocycles. The van der Waals surface area contributed by atoms with Crippen LogP contribution in [-0.2, 0) is 25.1 Å². The van der Waals surface area contributed by atoms with Crippen LogP contribution in [0, 0.1) is 11.3 Å². The molecule has 6 heteroatoms. The van der Waals surface area contributed by atoms with E-state index in [1.807, 2.05) is 13.0 Å². The predicted molar refractivity (Wildman–Crippen MR) is 79.1 cm³/mol. The number of rotatable bonds is 6. The molecule has 1 aromatic rings. The van der Waals surface area contributed by atoms with Gasteiger partial charge in [-0.2, -0.15) is 5.26 Å². The van der Waals surface area contributed by atoms with Crippen LogP contribution in [0.2, 0.25) is 0 Å². The smallest absolute Gasteiger partial charge is 0.324 e. The number of carbonyl (C=O) groups excluding carboxylic acids is 1. The summed E-state index contributed by atoms with van der Waals surface area (Å²) in [6.45, 7) is 4.91. The maximum Gasteiger partial charge on any atom is 0.324 e. The normalized spacial score (nSPS) is 14.0. The molecule has 21 heavy (non-hydrogen) atoms. The van der Waals surface area contributed by atoms with Crippen molar-refractivity contribution >= 4 is 15.8 Å². The van der Waals surface area contributed by atoms with Gasteiger partial charge < -0.3 is 4.74 Å². The topological polar surface area (TPSA) is 84.2 Å². The second-order valence-corrected chi connectivity index (χ2v) is 7.24. The molecule has 0 saturated heterocycles. The van der Waals surface area contributed by atoms with Gasteiger partial charge >= 0.3 is 5.97 Å². The molecule has 1 rings (SSSR count). The fourth-order valence-corrected chi connectivity index (χ4v) is 2.81. The number of sulfone groups is 1. The molecule has 2 atom stereocenters. The molecule has 5 nitrogen and oxygen atoms in total. The van der Waals surface area contributed by atoms with Crippen LogP contribution in [0.25, 0.3) is 0 Å². The van der Waals surface area contributed by atoms with Gasteiger partial charge in [0, 0.05) is 0 Å². The summed E-state index contributed by atoms with van der Waals surface area (Å²) < 4.78 is 29.5. The number of ether oxygens (including phenoxy) is 1. The van der Waals surface area contributed by atoms with Gasteiger partial charge in [0.25, 0.3) is 0 Å². The van der Waals surface area contributed by atoms with Crippen molar-refractivity contribution in [3.63, 3.8) is 0 Å². The Morgan fingerprint density at radius 3 is 2.33 bits per heavy atom. The van der Waals surface area contributed by atoms with Gasteiger partial charge in [0.05, 0.1) is 23.5 Å². The number of hydrogen-bond donors (Lipinski definition) is 0. The Bertz CT molecular complexity index is 629. The van der Waals surface area contributed by atoms with E-state index in [1.54, 1.807) is 31.2 Å². The van der Waals surface area contributed by atoms with E-state index in [2.05, 4.69) is 0 Å². The van der Waals surface area contributed by atoms with Gasteiger partial charge in [-0.25, -0.2) is 8.42 Å². The first-order valence-corrected chi connectivity index (χ1v) is 8.42. The van der Waals surface area contributed by atoms with E-state index in [9.17, 15) is 13.2 Å². The molecule has 0 aliphatic carbocycles. The summed E-state index contributed by atoms with van der Waals surface area (Å²) in [4.78, 5) is 11.8. The molecule has 0 aliphatic heterocycles. The third-order valence-electron chi connectivity index (χ3n) is 3.21. The lowest BCUT2D eigenvalue weighted by molar-refractivity contribution is -0.147. The number of hydrogen-bond acceptors (Lipinski definition) is 5. The minimum atomic E-state index is -3.64. The van der Waals surface area contributed by atoms with Crippen molar-refractivity contribution in [2.45, 2.75) is 44.3 Å². The summed E-state index contributed by atoms with van der Waals surface area (Å²) in [5.74, 6) is -0.979. The second-order valence-electron chi connectivity index (χ2n) is 4.91. The number of nitrogens with zero attached hydrogens (tertiary/aromatic N) is 1. The molecule has 0 amide bonds. The molecule has 2 unspecified atom stereocenters. The van der Waals surface area contributed by atoms with E-state index >= 15 is 0 Å². The number of nitriles is 1. The molecule has 0 aliphatic rings. The van der Waals surface area contributed by atoms with Gasteiger partial charge in [0.2, 0.25) is 0 Å². The van der Waals surface area contributed by atoms with Gasteiger partial charge in [-0.05, 0) is 38.0 Å². The standard InChI is InChI=1S/C15H19NO4S/c1-4-11(2)20-15(17)12(3)21(18,19)10-14-7-5-13(9-16)6-8-14/h5-8,11-12H,4,10H2,1-3H3. The number of carbonyl (C=O) groups is 1. The van der Waals surface area contributed by atoms with Crippen molar-refractivity contribution in [1.29, 1.82) is 5.26 Å². The average molecular weight is 309 g/mol. The van der Waals surface area contributed by atoms with E-state index in [0.29, 0.717) is 17.5 Å². The molecule has 0 saturated carbocycles. The molecule has 0 radical (unpaired) electrons. The molecule has 1 aromatic carbocycles. The first-order valence-electron chi connectivity index (χ1n) is 6.71. The minimum Gasteiger partial charge on any atom is -0.462 e. The van der Waals surface area contributed by atoms with Crippen molar-refractivity contribution in [2.75, 3.05) is 0 Å². The molecule has 0 fully saturated rings. The summed E-state index contributed by atoms with van der Waals surface area (Å²) in [6, 6.07) is 8.20.